The SMILES string of the molecule is Cc1ccc(Nc2cc(NN)nc(C(F)(F)F)n2)cc1C. The van der Waals surface area contributed by atoms with Crippen molar-refractivity contribution in [2.45, 2.75) is 20.0 Å². The number of hydrazine groups is 1. The lowest BCUT2D eigenvalue weighted by atomic mass is 10.1. The Morgan fingerprint density at radius 1 is 1.00 bits per heavy atom. The molecule has 0 atom stereocenters. The normalized spacial score (nSPS) is 11.3. The molecule has 0 fully saturated rings. The van der Waals surface area contributed by atoms with Crippen molar-refractivity contribution in [3.8, 4) is 0 Å². The van der Waals surface area contributed by atoms with Crippen molar-refractivity contribution < 1.29 is 13.2 Å². The van der Waals surface area contributed by atoms with Gasteiger partial charge in [-0.15, -0.1) is 0 Å². The van der Waals surface area contributed by atoms with Crippen LogP contribution in [0.1, 0.15) is 17.0 Å². The Labute approximate surface area is 119 Å². The number of anilines is 3. The third-order valence-corrected chi connectivity index (χ3v) is 2.91. The zero-order chi connectivity index (χ0) is 15.6. The van der Waals surface area contributed by atoms with Crippen molar-refractivity contribution in [3.05, 3.63) is 41.2 Å². The van der Waals surface area contributed by atoms with Crippen molar-refractivity contribution in [3.63, 3.8) is 0 Å². The molecule has 2 aromatic rings. The molecule has 5 nitrogen and oxygen atoms in total. The molecule has 0 unspecified atom stereocenters. The van der Waals surface area contributed by atoms with Crippen LogP contribution >= 0.6 is 0 Å². The Hall–Kier alpha value is -2.35. The summed E-state index contributed by atoms with van der Waals surface area (Å²) in [6.45, 7) is 3.86. The fraction of sp³-hybridized carbons (Fsp3) is 0.231. The largest absolute Gasteiger partial charge is 0.451 e. The van der Waals surface area contributed by atoms with Gasteiger partial charge >= 0.3 is 6.18 Å². The molecule has 0 aliphatic rings. The van der Waals surface area contributed by atoms with Crippen molar-refractivity contribution in [1.29, 1.82) is 0 Å². The van der Waals surface area contributed by atoms with Crippen molar-refractivity contribution >= 4 is 17.3 Å². The Morgan fingerprint density at radius 2 is 1.67 bits per heavy atom. The van der Waals surface area contributed by atoms with Gasteiger partial charge in [0.05, 0.1) is 0 Å². The van der Waals surface area contributed by atoms with Crippen LogP contribution in [0.5, 0.6) is 0 Å². The number of rotatable bonds is 3. The number of aryl methyl sites for hydroxylation is 2. The fourth-order valence-electron chi connectivity index (χ4n) is 1.68. The molecule has 0 aliphatic heterocycles. The average Bonchev–Trinajstić information content (AvgIpc) is 2.41. The first-order chi connectivity index (χ1) is 9.79. The Kier molecular flexibility index (Phi) is 3.99. The van der Waals surface area contributed by atoms with Crippen LogP contribution in [0.25, 0.3) is 0 Å². The second-order valence-corrected chi connectivity index (χ2v) is 4.53. The predicted octanol–water partition coefficient (Wildman–Crippen LogP) is 3.14. The van der Waals surface area contributed by atoms with Crippen molar-refractivity contribution in [2.24, 2.45) is 5.84 Å². The molecule has 1 heterocycles. The monoisotopic (exact) mass is 297 g/mol. The zero-order valence-electron chi connectivity index (χ0n) is 11.4. The van der Waals surface area contributed by atoms with Gasteiger partial charge in [-0.2, -0.15) is 13.2 Å². The number of alkyl halides is 3. The van der Waals surface area contributed by atoms with Gasteiger partial charge in [0.2, 0.25) is 5.82 Å². The molecular formula is C13H14F3N5. The first kappa shape index (κ1) is 15.0. The smallest absolute Gasteiger partial charge is 0.340 e. The summed E-state index contributed by atoms with van der Waals surface area (Å²) in [4.78, 5) is 6.74. The predicted molar refractivity (Wildman–Crippen MR) is 74.0 cm³/mol. The third kappa shape index (κ3) is 3.60. The highest BCUT2D eigenvalue weighted by Gasteiger charge is 2.35. The van der Waals surface area contributed by atoms with Gasteiger partial charge in [-0.25, -0.2) is 15.8 Å². The maximum absolute atomic E-state index is 12.7. The molecule has 1 aromatic carbocycles. The highest BCUT2D eigenvalue weighted by Crippen LogP contribution is 2.29. The van der Waals surface area contributed by atoms with Gasteiger partial charge in [0.1, 0.15) is 11.6 Å². The van der Waals surface area contributed by atoms with E-state index in [0.29, 0.717) is 5.69 Å². The lowest BCUT2D eigenvalue weighted by Gasteiger charge is -2.12. The van der Waals surface area contributed by atoms with E-state index in [1.54, 1.807) is 6.07 Å². The van der Waals surface area contributed by atoms with E-state index < -0.39 is 12.0 Å². The van der Waals surface area contributed by atoms with Crippen LogP contribution in [0, 0.1) is 13.8 Å². The average molecular weight is 297 g/mol. The van der Waals surface area contributed by atoms with E-state index in [4.69, 9.17) is 5.84 Å². The quantitative estimate of drug-likeness (QED) is 0.599. The van der Waals surface area contributed by atoms with E-state index in [9.17, 15) is 13.2 Å². The van der Waals surface area contributed by atoms with E-state index in [1.165, 1.54) is 6.07 Å². The number of hydrogen-bond donors (Lipinski definition) is 3. The molecule has 112 valence electrons. The van der Waals surface area contributed by atoms with Crippen LogP contribution < -0.4 is 16.6 Å². The Bertz CT molecular complexity index is 655. The molecule has 0 saturated carbocycles. The lowest BCUT2D eigenvalue weighted by Crippen LogP contribution is -2.16. The minimum Gasteiger partial charge on any atom is -0.340 e. The van der Waals surface area contributed by atoms with Gasteiger partial charge in [-0.1, -0.05) is 6.07 Å². The first-order valence-corrected chi connectivity index (χ1v) is 6.07. The molecule has 0 radical (unpaired) electrons. The van der Waals surface area contributed by atoms with E-state index in [0.717, 1.165) is 11.1 Å². The van der Waals surface area contributed by atoms with E-state index in [1.807, 2.05) is 26.0 Å². The summed E-state index contributed by atoms with van der Waals surface area (Å²) in [6, 6.07) is 6.74. The molecular weight excluding hydrogens is 283 g/mol. The Morgan fingerprint density at radius 3 is 2.24 bits per heavy atom. The highest BCUT2D eigenvalue weighted by atomic mass is 19.4. The number of halogens is 3. The zero-order valence-corrected chi connectivity index (χ0v) is 11.4. The summed E-state index contributed by atoms with van der Waals surface area (Å²) >= 11 is 0. The third-order valence-electron chi connectivity index (χ3n) is 2.91. The van der Waals surface area contributed by atoms with E-state index in [-0.39, 0.29) is 11.6 Å². The van der Waals surface area contributed by atoms with Crippen molar-refractivity contribution in [1.82, 2.24) is 9.97 Å². The summed E-state index contributed by atoms with van der Waals surface area (Å²) in [7, 11) is 0. The first-order valence-electron chi connectivity index (χ1n) is 6.07. The fourth-order valence-corrected chi connectivity index (χ4v) is 1.68. The number of benzene rings is 1. The summed E-state index contributed by atoms with van der Waals surface area (Å²) in [5, 5.41) is 2.81. The molecule has 1 aromatic heterocycles. The molecule has 4 N–H and O–H groups in total. The Balaban J connectivity index is 2.36. The lowest BCUT2D eigenvalue weighted by molar-refractivity contribution is -0.144. The molecule has 0 bridgehead atoms. The van der Waals surface area contributed by atoms with Crippen LogP contribution in [0.2, 0.25) is 0 Å². The standard InChI is InChI=1S/C13H14F3N5/c1-7-3-4-9(5-8(7)2)18-10-6-11(21-17)20-12(19-10)13(14,15)16/h3-6H,17H2,1-2H3,(H2,18,19,20,21). The number of nitrogens with one attached hydrogen (secondary N) is 2. The van der Waals surface area contributed by atoms with Gasteiger partial charge in [0, 0.05) is 11.8 Å². The van der Waals surface area contributed by atoms with Gasteiger partial charge in [0.25, 0.3) is 0 Å². The summed E-state index contributed by atoms with van der Waals surface area (Å²) < 4.78 is 38.2. The summed E-state index contributed by atoms with van der Waals surface area (Å²) in [6.07, 6.45) is -4.65. The van der Waals surface area contributed by atoms with Gasteiger partial charge < -0.3 is 10.7 Å². The van der Waals surface area contributed by atoms with Gasteiger partial charge in [-0.05, 0) is 37.1 Å². The topological polar surface area (TPSA) is 75.9 Å². The molecule has 0 aliphatic carbocycles. The maximum atomic E-state index is 12.7. The second kappa shape index (κ2) is 5.57. The number of nitrogens with two attached hydrogens (primary N) is 1. The molecule has 2 rings (SSSR count). The molecule has 21 heavy (non-hydrogen) atoms. The van der Waals surface area contributed by atoms with Gasteiger partial charge in [-0.3, -0.25) is 0 Å². The molecule has 0 saturated heterocycles. The number of hydrogen-bond acceptors (Lipinski definition) is 5. The highest BCUT2D eigenvalue weighted by molar-refractivity contribution is 5.60. The minimum atomic E-state index is -4.65. The van der Waals surface area contributed by atoms with E-state index >= 15 is 0 Å². The van der Waals surface area contributed by atoms with Crippen LogP contribution in [0.3, 0.4) is 0 Å². The summed E-state index contributed by atoms with van der Waals surface area (Å²) in [5.41, 5.74) is 4.83. The van der Waals surface area contributed by atoms with Crippen LogP contribution in [0.4, 0.5) is 30.5 Å². The molecule has 0 amide bonds. The number of aromatic nitrogens is 2. The van der Waals surface area contributed by atoms with Crippen molar-refractivity contribution in [2.75, 3.05) is 10.7 Å². The van der Waals surface area contributed by atoms with Crippen LogP contribution in [-0.2, 0) is 6.18 Å². The second-order valence-electron chi connectivity index (χ2n) is 4.53. The van der Waals surface area contributed by atoms with E-state index in [2.05, 4.69) is 20.7 Å². The maximum Gasteiger partial charge on any atom is 0.451 e. The molecule has 0 spiro atoms. The summed E-state index contributed by atoms with van der Waals surface area (Å²) in [5.74, 6) is 3.76. The number of nitrogens with zero attached hydrogens (tertiary/aromatic N) is 2. The number of nitrogen functional groups attached to an aromatic ring is 1. The molecule has 8 heteroatoms. The minimum absolute atomic E-state index is 0.00790. The van der Waals surface area contributed by atoms with Gasteiger partial charge in [0.15, 0.2) is 0 Å². The van der Waals surface area contributed by atoms with Crippen LogP contribution in [0.15, 0.2) is 24.3 Å². The van der Waals surface area contributed by atoms with Crippen LogP contribution in [-0.4, -0.2) is 9.97 Å².